The number of nitrogens with one attached hydrogen (secondary N) is 1. The molecule has 0 aromatic rings. The predicted octanol–water partition coefficient (Wildman–Crippen LogP) is 2.27. The first-order valence-electron chi connectivity index (χ1n) is 4.87. The summed E-state index contributed by atoms with van der Waals surface area (Å²) in [6.45, 7) is 0. The normalized spacial score (nSPS) is 38.3. The van der Waals surface area contributed by atoms with Gasteiger partial charge in [-0.25, -0.2) is 8.78 Å². The van der Waals surface area contributed by atoms with Crippen LogP contribution in [0.15, 0.2) is 0 Å². The Kier molecular flexibility index (Phi) is 2.79. The van der Waals surface area contributed by atoms with Crippen LogP contribution in [0.4, 0.5) is 8.78 Å². The summed E-state index contributed by atoms with van der Waals surface area (Å²) in [5.41, 5.74) is 0. The van der Waals surface area contributed by atoms with Crippen molar-refractivity contribution in [1.29, 1.82) is 0 Å². The standard InChI is InChI=1S/C9H15F2NS/c10-9(11)3-1-7(5-9)12-8-2-4-13-6-8/h7-8,12H,1-6H2. The lowest BCUT2D eigenvalue weighted by atomic mass is 10.2. The average Bonchev–Trinajstić information content (AvgIpc) is 2.61. The molecule has 2 fully saturated rings. The lowest BCUT2D eigenvalue weighted by Gasteiger charge is -2.17. The molecule has 2 rings (SSSR count). The van der Waals surface area contributed by atoms with Gasteiger partial charge in [0.25, 0.3) is 0 Å². The molecule has 1 aliphatic heterocycles. The van der Waals surface area contributed by atoms with Crippen LogP contribution >= 0.6 is 11.8 Å². The Labute approximate surface area is 81.7 Å². The molecule has 2 atom stereocenters. The van der Waals surface area contributed by atoms with Gasteiger partial charge in [0.05, 0.1) is 0 Å². The van der Waals surface area contributed by atoms with Gasteiger partial charge in [0.1, 0.15) is 0 Å². The Morgan fingerprint density at radius 2 is 2.08 bits per heavy atom. The maximum atomic E-state index is 12.8. The van der Waals surface area contributed by atoms with Crippen molar-refractivity contribution in [3.63, 3.8) is 0 Å². The zero-order chi connectivity index (χ0) is 9.31. The van der Waals surface area contributed by atoms with E-state index < -0.39 is 5.92 Å². The van der Waals surface area contributed by atoms with Gasteiger partial charge in [0.15, 0.2) is 0 Å². The quantitative estimate of drug-likeness (QED) is 0.745. The molecule has 0 spiro atoms. The van der Waals surface area contributed by atoms with Crippen molar-refractivity contribution in [2.75, 3.05) is 11.5 Å². The van der Waals surface area contributed by atoms with Crippen LogP contribution in [0.2, 0.25) is 0 Å². The third-order valence-corrected chi connectivity index (χ3v) is 3.97. The van der Waals surface area contributed by atoms with Crippen LogP contribution in [0.3, 0.4) is 0 Å². The molecule has 1 N–H and O–H groups in total. The van der Waals surface area contributed by atoms with Gasteiger partial charge in [-0.1, -0.05) is 0 Å². The van der Waals surface area contributed by atoms with Crippen molar-refractivity contribution < 1.29 is 8.78 Å². The van der Waals surface area contributed by atoms with E-state index in [1.54, 1.807) is 0 Å². The second kappa shape index (κ2) is 3.73. The van der Waals surface area contributed by atoms with Crippen LogP contribution in [-0.4, -0.2) is 29.5 Å². The number of rotatable bonds is 2. The van der Waals surface area contributed by atoms with Crippen LogP contribution in [0, 0.1) is 0 Å². The van der Waals surface area contributed by atoms with Crippen molar-refractivity contribution in [1.82, 2.24) is 5.32 Å². The van der Waals surface area contributed by atoms with E-state index in [9.17, 15) is 8.78 Å². The summed E-state index contributed by atoms with van der Waals surface area (Å²) in [5.74, 6) is -0.119. The molecule has 4 heteroatoms. The maximum Gasteiger partial charge on any atom is 0.249 e. The molecule has 1 aliphatic carbocycles. The molecule has 1 saturated heterocycles. The molecule has 1 heterocycles. The molecule has 13 heavy (non-hydrogen) atoms. The molecule has 2 aliphatic rings. The van der Waals surface area contributed by atoms with Crippen molar-refractivity contribution in [3.05, 3.63) is 0 Å². The number of halogens is 2. The molecule has 1 saturated carbocycles. The van der Waals surface area contributed by atoms with Crippen molar-refractivity contribution in [2.24, 2.45) is 0 Å². The van der Waals surface area contributed by atoms with E-state index in [1.807, 2.05) is 11.8 Å². The van der Waals surface area contributed by atoms with Crippen LogP contribution in [0.25, 0.3) is 0 Å². The summed E-state index contributed by atoms with van der Waals surface area (Å²) in [6, 6.07) is 0.558. The summed E-state index contributed by atoms with van der Waals surface area (Å²) < 4.78 is 25.6. The van der Waals surface area contributed by atoms with E-state index in [1.165, 1.54) is 5.75 Å². The first-order valence-corrected chi connectivity index (χ1v) is 6.03. The number of hydrogen-bond acceptors (Lipinski definition) is 2. The highest BCUT2D eigenvalue weighted by Gasteiger charge is 2.40. The molecule has 0 bridgehead atoms. The minimum absolute atomic E-state index is 0.0498. The lowest BCUT2D eigenvalue weighted by Crippen LogP contribution is -2.37. The van der Waals surface area contributed by atoms with Crippen molar-refractivity contribution in [2.45, 2.75) is 43.7 Å². The van der Waals surface area contributed by atoms with Crippen molar-refractivity contribution in [3.8, 4) is 0 Å². The molecule has 1 nitrogen and oxygen atoms in total. The summed E-state index contributed by atoms with van der Waals surface area (Å²) >= 11 is 1.92. The minimum atomic E-state index is -2.40. The Balaban J connectivity index is 1.77. The zero-order valence-corrected chi connectivity index (χ0v) is 8.38. The lowest BCUT2D eigenvalue weighted by molar-refractivity contribution is 0.00668. The zero-order valence-electron chi connectivity index (χ0n) is 7.56. The third-order valence-electron chi connectivity index (χ3n) is 2.80. The van der Waals surface area contributed by atoms with Gasteiger partial charge in [-0.15, -0.1) is 0 Å². The van der Waals surface area contributed by atoms with Gasteiger partial charge >= 0.3 is 0 Å². The Morgan fingerprint density at radius 1 is 1.23 bits per heavy atom. The fraction of sp³-hybridized carbons (Fsp3) is 1.00. The van der Waals surface area contributed by atoms with E-state index in [2.05, 4.69) is 5.32 Å². The summed E-state index contributed by atoms with van der Waals surface area (Å²) in [5, 5.41) is 3.33. The Hall–Kier alpha value is 0.170. The molecule has 76 valence electrons. The predicted molar refractivity (Wildman–Crippen MR) is 51.5 cm³/mol. The molecule has 0 amide bonds. The Morgan fingerprint density at radius 3 is 2.62 bits per heavy atom. The molecular weight excluding hydrogens is 192 g/mol. The van der Waals surface area contributed by atoms with Crippen LogP contribution in [-0.2, 0) is 0 Å². The van der Waals surface area contributed by atoms with E-state index in [0.29, 0.717) is 12.5 Å². The van der Waals surface area contributed by atoms with Gasteiger partial charge in [-0.05, 0) is 18.6 Å². The van der Waals surface area contributed by atoms with Gasteiger partial charge in [-0.2, -0.15) is 11.8 Å². The number of hydrogen-bond donors (Lipinski definition) is 1. The highest BCUT2D eigenvalue weighted by Crippen LogP contribution is 2.35. The highest BCUT2D eigenvalue weighted by molar-refractivity contribution is 7.99. The fourth-order valence-electron chi connectivity index (χ4n) is 2.09. The van der Waals surface area contributed by atoms with Crippen molar-refractivity contribution >= 4 is 11.8 Å². The highest BCUT2D eigenvalue weighted by atomic mass is 32.2. The van der Waals surface area contributed by atoms with Gasteiger partial charge in [0.2, 0.25) is 5.92 Å². The largest absolute Gasteiger partial charge is 0.310 e. The number of alkyl halides is 2. The van der Waals surface area contributed by atoms with Crippen LogP contribution < -0.4 is 5.32 Å². The van der Waals surface area contributed by atoms with E-state index in [0.717, 1.165) is 12.2 Å². The summed E-state index contributed by atoms with van der Waals surface area (Å²) in [6.07, 6.45) is 1.92. The van der Waals surface area contributed by atoms with E-state index >= 15 is 0 Å². The van der Waals surface area contributed by atoms with E-state index in [-0.39, 0.29) is 18.9 Å². The topological polar surface area (TPSA) is 12.0 Å². The molecular formula is C9H15F2NS. The average molecular weight is 207 g/mol. The first kappa shape index (κ1) is 9.71. The second-order valence-electron chi connectivity index (χ2n) is 4.02. The second-order valence-corrected chi connectivity index (χ2v) is 5.17. The van der Waals surface area contributed by atoms with Crippen LogP contribution in [0.1, 0.15) is 25.7 Å². The van der Waals surface area contributed by atoms with E-state index in [4.69, 9.17) is 0 Å². The molecule has 0 radical (unpaired) electrons. The Bertz CT molecular complexity index is 180. The van der Waals surface area contributed by atoms with Gasteiger partial charge < -0.3 is 5.32 Å². The number of thioether (sulfide) groups is 1. The van der Waals surface area contributed by atoms with Crippen LogP contribution in [0.5, 0.6) is 0 Å². The summed E-state index contributed by atoms with van der Waals surface area (Å²) in [7, 11) is 0. The summed E-state index contributed by atoms with van der Waals surface area (Å²) in [4.78, 5) is 0. The molecule has 2 unspecified atom stereocenters. The minimum Gasteiger partial charge on any atom is -0.310 e. The van der Waals surface area contributed by atoms with Gasteiger partial charge in [-0.3, -0.25) is 0 Å². The SMILES string of the molecule is FC1(F)CCC(NC2CCSC2)C1. The smallest absolute Gasteiger partial charge is 0.249 e. The van der Waals surface area contributed by atoms with Gasteiger partial charge in [0, 0.05) is 30.7 Å². The first-order chi connectivity index (χ1) is 6.16. The molecule has 0 aromatic heterocycles. The fourth-order valence-corrected chi connectivity index (χ4v) is 3.26. The molecule has 0 aromatic carbocycles. The monoisotopic (exact) mass is 207 g/mol. The maximum absolute atomic E-state index is 12.8. The third kappa shape index (κ3) is 2.56.